The van der Waals surface area contributed by atoms with Crippen LogP contribution in [-0.2, 0) is 28.3 Å². The smallest absolute Gasteiger partial charge is 0.324 e. The van der Waals surface area contributed by atoms with Crippen molar-refractivity contribution in [3.8, 4) is 0 Å². The first-order valence-electron chi connectivity index (χ1n) is 6.92. The molecule has 0 saturated heterocycles. The van der Waals surface area contributed by atoms with Gasteiger partial charge < -0.3 is 19.4 Å². The molecule has 0 fully saturated rings. The Kier molecular flexibility index (Phi) is 8.59. The van der Waals surface area contributed by atoms with Gasteiger partial charge in [-0.3, -0.25) is 4.79 Å². The summed E-state index contributed by atoms with van der Waals surface area (Å²) in [7, 11) is 3.76. The van der Waals surface area contributed by atoms with Gasteiger partial charge in [0.1, 0.15) is 6.04 Å². The third kappa shape index (κ3) is 5.91. The molecule has 1 atom stereocenters. The van der Waals surface area contributed by atoms with Crippen molar-refractivity contribution in [2.75, 3.05) is 20.6 Å². The number of nitrogens with zero attached hydrogens (tertiary/aromatic N) is 2. The van der Waals surface area contributed by atoms with Gasteiger partial charge in [0.25, 0.3) is 0 Å². The van der Waals surface area contributed by atoms with Crippen LogP contribution in [0.5, 0.6) is 0 Å². The Labute approximate surface area is 140 Å². The van der Waals surface area contributed by atoms with Crippen LogP contribution in [0.1, 0.15) is 31.9 Å². The minimum Gasteiger partial charge on any atom is -0.480 e. The van der Waals surface area contributed by atoms with E-state index in [-0.39, 0.29) is 29.4 Å². The number of carbonyl (C=O) groups is 1. The molecule has 1 unspecified atom stereocenters. The van der Waals surface area contributed by atoms with Crippen LogP contribution in [-0.4, -0.2) is 41.2 Å². The topological polar surface area (TPSA) is 62.5 Å². The molecule has 0 amide bonds. The molecular formula is C15H22FFeN2O3-. The molecule has 0 saturated carbocycles. The number of likely N-dealkylation sites (N-methyl/N-ethyl adjacent to an activating group) is 1. The first-order chi connectivity index (χ1) is 9.72. The van der Waals surface area contributed by atoms with Gasteiger partial charge in [-0.25, -0.2) is 4.39 Å². The molecule has 0 spiro atoms. The van der Waals surface area contributed by atoms with Crippen molar-refractivity contribution in [3.63, 3.8) is 0 Å². The zero-order chi connectivity index (χ0) is 16.2. The maximum Gasteiger partial charge on any atom is 0.324 e. The van der Waals surface area contributed by atoms with Crippen LogP contribution in [0.25, 0.3) is 0 Å². The number of hydrogen-bond donors (Lipinski definition) is 1. The van der Waals surface area contributed by atoms with Crippen molar-refractivity contribution in [2.24, 2.45) is 5.92 Å². The molecule has 0 aliphatic heterocycles. The largest absolute Gasteiger partial charge is 0.480 e. The van der Waals surface area contributed by atoms with Gasteiger partial charge >= 0.3 is 5.97 Å². The Hall–Kier alpha value is -1.17. The maximum absolute atomic E-state index is 13.7. The summed E-state index contributed by atoms with van der Waals surface area (Å²) in [6.07, 6.45) is 2.18. The summed E-state index contributed by atoms with van der Waals surface area (Å²) in [5.41, 5.74) is -0.438. The predicted octanol–water partition coefficient (Wildman–Crippen LogP) is 1.56. The zero-order valence-corrected chi connectivity index (χ0v) is 14.3. The fraction of sp³-hybridized carbons (Fsp3) is 0.600. The molecule has 22 heavy (non-hydrogen) atoms. The van der Waals surface area contributed by atoms with Crippen LogP contribution in [0.15, 0.2) is 11.0 Å². The van der Waals surface area contributed by atoms with Crippen molar-refractivity contribution in [1.29, 1.82) is 0 Å². The van der Waals surface area contributed by atoms with Gasteiger partial charge in [-0.05, 0) is 39.4 Å². The van der Waals surface area contributed by atoms with Crippen LogP contribution in [0.4, 0.5) is 4.39 Å². The summed E-state index contributed by atoms with van der Waals surface area (Å²) >= 11 is 0. The molecule has 0 bridgehead atoms. The number of halogens is 1. The predicted molar refractivity (Wildman–Crippen MR) is 77.9 cm³/mol. The number of hydrogen-bond acceptors (Lipinski definition) is 3. The molecular weight excluding hydrogens is 331 g/mol. The van der Waals surface area contributed by atoms with Gasteiger partial charge in [-0.2, -0.15) is 0 Å². The second-order valence-electron chi connectivity index (χ2n) is 5.84. The van der Waals surface area contributed by atoms with Crippen molar-refractivity contribution in [2.45, 2.75) is 32.7 Å². The van der Waals surface area contributed by atoms with Crippen molar-refractivity contribution in [3.05, 3.63) is 34.0 Å². The second kappa shape index (κ2) is 9.08. The van der Waals surface area contributed by atoms with Crippen LogP contribution >= 0.6 is 0 Å². The molecule has 1 rings (SSSR count). The molecule has 0 aromatic carbocycles. The number of pyridine rings is 1. The zero-order valence-electron chi connectivity index (χ0n) is 13.2. The Morgan fingerprint density at radius 2 is 2.05 bits per heavy atom. The Balaban J connectivity index is 0.00000441. The first kappa shape index (κ1) is 20.8. The number of rotatable bonds is 7. The average Bonchev–Trinajstić information content (AvgIpc) is 2.37. The monoisotopic (exact) mass is 353 g/mol. The van der Waals surface area contributed by atoms with E-state index in [1.54, 1.807) is 0 Å². The van der Waals surface area contributed by atoms with E-state index in [0.29, 0.717) is 18.5 Å². The van der Waals surface area contributed by atoms with Crippen LogP contribution in [0.2, 0.25) is 0 Å². The maximum atomic E-state index is 13.7. The fourth-order valence-electron chi connectivity index (χ4n) is 2.05. The SMILES string of the molecule is CC(C)CC(C(=O)O)n1cc(CCN(C)C)[c-]c(F)c1=O.[Fe]. The van der Waals surface area contributed by atoms with E-state index in [1.807, 2.05) is 32.8 Å². The van der Waals surface area contributed by atoms with Crippen molar-refractivity contribution < 1.29 is 31.4 Å². The third-order valence-corrected chi connectivity index (χ3v) is 3.13. The number of aromatic nitrogens is 1. The Bertz CT molecular complexity index is 558. The van der Waals surface area contributed by atoms with Gasteiger partial charge in [0.15, 0.2) is 5.56 Å². The standard InChI is InChI=1S/C15H22FN2O3.Fe/c1-10(2)7-13(15(20)21)18-9-11(5-6-17(3)4)8-12(16)14(18)19;/h9-10,13H,5-7H2,1-4H3,(H,20,21);/q-1;. The van der Waals surface area contributed by atoms with E-state index in [1.165, 1.54) is 6.20 Å². The van der Waals surface area contributed by atoms with Gasteiger partial charge in [0.2, 0.25) is 0 Å². The van der Waals surface area contributed by atoms with Crippen molar-refractivity contribution >= 4 is 5.97 Å². The normalized spacial score (nSPS) is 12.3. The van der Waals surface area contributed by atoms with E-state index < -0.39 is 23.4 Å². The van der Waals surface area contributed by atoms with Crippen molar-refractivity contribution in [1.82, 2.24) is 9.47 Å². The van der Waals surface area contributed by atoms with E-state index in [9.17, 15) is 19.1 Å². The van der Waals surface area contributed by atoms with Gasteiger partial charge in [-0.1, -0.05) is 20.0 Å². The number of carboxylic acids is 1. The molecule has 1 aromatic rings. The summed E-state index contributed by atoms with van der Waals surface area (Å²) in [6.45, 7) is 4.38. The molecule has 0 aliphatic carbocycles. The summed E-state index contributed by atoms with van der Waals surface area (Å²) < 4.78 is 14.7. The third-order valence-electron chi connectivity index (χ3n) is 3.13. The van der Waals surface area contributed by atoms with E-state index in [0.717, 1.165) is 4.57 Å². The Morgan fingerprint density at radius 3 is 2.50 bits per heavy atom. The van der Waals surface area contributed by atoms with E-state index in [2.05, 4.69) is 6.07 Å². The van der Waals surface area contributed by atoms with Crippen LogP contribution in [0, 0.1) is 17.8 Å². The van der Waals surface area contributed by atoms with Crippen LogP contribution in [0.3, 0.4) is 0 Å². The average molecular weight is 353 g/mol. The summed E-state index contributed by atoms with van der Waals surface area (Å²) in [6, 6.07) is 1.34. The summed E-state index contributed by atoms with van der Waals surface area (Å²) in [5.74, 6) is -2.08. The van der Waals surface area contributed by atoms with Gasteiger partial charge in [0, 0.05) is 17.1 Å². The quantitative estimate of drug-likeness (QED) is 0.597. The molecule has 0 aliphatic rings. The molecule has 1 heterocycles. The molecule has 7 heteroatoms. The molecule has 1 aromatic heterocycles. The summed E-state index contributed by atoms with van der Waals surface area (Å²) in [5, 5.41) is 9.30. The fourth-order valence-corrected chi connectivity index (χ4v) is 2.05. The van der Waals surface area contributed by atoms with Gasteiger partial charge in [0.05, 0.1) is 5.82 Å². The van der Waals surface area contributed by atoms with E-state index in [4.69, 9.17) is 0 Å². The first-order valence-corrected chi connectivity index (χ1v) is 6.92. The van der Waals surface area contributed by atoms with E-state index >= 15 is 0 Å². The minimum absolute atomic E-state index is 0. The minimum atomic E-state index is -1.13. The molecule has 126 valence electrons. The molecule has 5 nitrogen and oxygen atoms in total. The number of aliphatic carboxylic acids is 1. The number of carboxylic acid groups (broad SMARTS) is 1. The Morgan fingerprint density at radius 1 is 1.45 bits per heavy atom. The van der Waals surface area contributed by atoms with Crippen LogP contribution < -0.4 is 5.56 Å². The summed E-state index contributed by atoms with van der Waals surface area (Å²) in [4.78, 5) is 25.2. The molecule has 0 radical (unpaired) electrons. The second-order valence-corrected chi connectivity index (χ2v) is 5.84. The molecule has 1 N–H and O–H groups in total. The van der Waals surface area contributed by atoms with Gasteiger partial charge in [-0.15, -0.1) is 11.6 Å².